The maximum absolute atomic E-state index is 5.71. The van der Waals surface area contributed by atoms with Gasteiger partial charge in [0.25, 0.3) is 0 Å². The van der Waals surface area contributed by atoms with Crippen molar-refractivity contribution in [2.75, 3.05) is 6.54 Å². The van der Waals surface area contributed by atoms with E-state index < -0.39 is 0 Å². The Hall–Kier alpha value is -1.62. The fourth-order valence-corrected chi connectivity index (χ4v) is 2.77. The molecule has 0 bridgehead atoms. The Kier molecular flexibility index (Phi) is 3.38. The molecule has 3 rings (SSSR count). The molecule has 0 aliphatic heterocycles. The normalized spacial score (nSPS) is 23.7. The number of rotatable bonds is 3. The first kappa shape index (κ1) is 12.4. The van der Waals surface area contributed by atoms with Crippen LogP contribution in [0.2, 0.25) is 0 Å². The molecule has 0 amide bonds. The number of aromatic nitrogens is 2. The summed E-state index contributed by atoms with van der Waals surface area (Å²) in [5.41, 5.74) is 6.62. The number of nitrogens with zero attached hydrogens (tertiary/aromatic N) is 2. The monoisotopic (exact) mass is 261 g/mol. The number of hydrogen-bond donors (Lipinski definition) is 1. The molecule has 2 aromatic rings. The van der Waals surface area contributed by atoms with E-state index >= 15 is 0 Å². The molecule has 1 aliphatic carbocycles. The van der Waals surface area contributed by atoms with Crippen LogP contribution in [0.25, 0.3) is 11.4 Å². The average molecular weight is 261 g/mol. The Morgan fingerprint density at radius 1 is 1.32 bits per heavy atom. The molecular formula is C14H19N3O2. The Labute approximate surface area is 112 Å². The molecular weight excluding hydrogens is 242 g/mol. The first-order valence-electron chi connectivity index (χ1n) is 6.86. The smallest absolute Gasteiger partial charge is 0.230 e. The third kappa shape index (κ3) is 2.42. The summed E-state index contributed by atoms with van der Waals surface area (Å²) in [6.45, 7) is 2.69. The highest BCUT2D eigenvalue weighted by Gasteiger charge is 2.26. The lowest BCUT2D eigenvalue weighted by molar-refractivity contribution is 0.275. The molecule has 0 radical (unpaired) electrons. The summed E-state index contributed by atoms with van der Waals surface area (Å²) in [6, 6.07) is 1.87. The molecule has 5 nitrogen and oxygen atoms in total. The van der Waals surface area contributed by atoms with Gasteiger partial charge < -0.3 is 14.7 Å². The average Bonchev–Trinajstić information content (AvgIpc) is 3.07. The van der Waals surface area contributed by atoms with Gasteiger partial charge in [-0.2, -0.15) is 4.98 Å². The third-order valence-corrected chi connectivity index (χ3v) is 4.07. The van der Waals surface area contributed by atoms with Gasteiger partial charge in [-0.05, 0) is 51.1 Å². The maximum Gasteiger partial charge on any atom is 0.230 e. The second kappa shape index (κ2) is 5.17. The third-order valence-electron chi connectivity index (χ3n) is 4.07. The van der Waals surface area contributed by atoms with E-state index in [1.165, 1.54) is 0 Å². The maximum atomic E-state index is 5.71. The van der Waals surface area contributed by atoms with Crippen molar-refractivity contribution >= 4 is 0 Å². The van der Waals surface area contributed by atoms with Crippen molar-refractivity contribution < 1.29 is 8.94 Å². The van der Waals surface area contributed by atoms with E-state index in [0.717, 1.165) is 49.4 Å². The number of aryl methyl sites for hydroxylation is 1. The van der Waals surface area contributed by atoms with E-state index in [4.69, 9.17) is 14.7 Å². The van der Waals surface area contributed by atoms with Gasteiger partial charge in [0.2, 0.25) is 11.7 Å². The predicted octanol–water partition coefficient (Wildman–Crippen LogP) is 2.87. The molecule has 0 saturated heterocycles. The summed E-state index contributed by atoms with van der Waals surface area (Å²) in [7, 11) is 0. The van der Waals surface area contributed by atoms with Gasteiger partial charge >= 0.3 is 0 Å². The van der Waals surface area contributed by atoms with E-state index in [2.05, 4.69) is 10.1 Å². The van der Waals surface area contributed by atoms with Crippen molar-refractivity contribution in [1.29, 1.82) is 0 Å². The van der Waals surface area contributed by atoms with Crippen LogP contribution in [0.5, 0.6) is 0 Å². The molecule has 0 spiro atoms. The molecule has 2 N–H and O–H groups in total. The Morgan fingerprint density at radius 2 is 2.11 bits per heavy atom. The molecule has 2 aromatic heterocycles. The molecule has 19 heavy (non-hydrogen) atoms. The minimum absolute atomic E-state index is 0.385. The van der Waals surface area contributed by atoms with Crippen molar-refractivity contribution in [2.45, 2.75) is 38.5 Å². The van der Waals surface area contributed by atoms with Crippen LogP contribution in [0.1, 0.15) is 43.3 Å². The Morgan fingerprint density at radius 3 is 2.74 bits per heavy atom. The zero-order chi connectivity index (χ0) is 13.2. The van der Waals surface area contributed by atoms with E-state index in [0.29, 0.717) is 17.7 Å². The molecule has 0 aromatic carbocycles. The SMILES string of the molecule is Cc1occc1-c1noc(C2CCC(CN)CC2)n1. The van der Waals surface area contributed by atoms with Gasteiger partial charge in [-0.3, -0.25) is 0 Å². The first-order valence-corrected chi connectivity index (χ1v) is 6.86. The van der Waals surface area contributed by atoms with Crippen molar-refractivity contribution in [3.05, 3.63) is 24.0 Å². The van der Waals surface area contributed by atoms with Gasteiger partial charge in [-0.1, -0.05) is 5.16 Å². The second-order valence-electron chi connectivity index (χ2n) is 5.30. The lowest BCUT2D eigenvalue weighted by Gasteiger charge is -2.24. The summed E-state index contributed by atoms with van der Waals surface area (Å²) in [4.78, 5) is 4.52. The van der Waals surface area contributed by atoms with Crippen molar-refractivity contribution in [3.63, 3.8) is 0 Å². The summed E-state index contributed by atoms with van der Waals surface area (Å²) in [5, 5.41) is 4.06. The van der Waals surface area contributed by atoms with Crippen LogP contribution in [0.3, 0.4) is 0 Å². The minimum atomic E-state index is 0.385. The van der Waals surface area contributed by atoms with Crippen LogP contribution < -0.4 is 5.73 Å². The quantitative estimate of drug-likeness (QED) is 0.919. The Bertz CT molecular complexity index is 538. The van der Waals surface area contributed by atoms with Gasteiger partial charge in [0.15, 0.2) is 0 Å². The molecule has 5 heteroatoms. The van der Waals surface area contributed by atoms with E-state index in [1.807, 2.05) is 13.0 Å². The number of furan rings is 1. The first-order chi connectivity index (χ1) is 9.28. The molecule has 0 unspecified atom stereocenters. The molecule has 102 valence electrons. The van der Waals surface area contributed by atoms with Crippen molar-refractivity contribution in [1.82, 2.24) is 10.1 Å². The minimum Gasteiger partial charge on any atom is -0.469 e. The molecule has 1 fully saturated rings. The van der Waals surface area contributed by atoms with E-state index in [9.17, 15) is 0 Å². The standard InChI is InChI=1S/C14H19N3O2/c1-9-12(6-7-18-9)13-16-14(19-17-13)11-4-2-10(8-15)3-5-11/h6-7,10-11H,2-5,8,15H2,1H3. The van der Waals surface area contributed by atoms with Crippen LogP contribution in [-0.4, -0.2) is 16.7 Å². The summed E-state index contributed by atoms with van der Waals surface area (Å²) in [5.74, 6) is 3.25. The van der Waals surface area contributed by atoms with E-state index in [-0.39, 0.29) is 0 Å². The number of hydrogen-bond acceptors (Lipinski definition) is 5. The fraction of sp³-hybridized carbons (Fsp3) is 0.571. The van der Waals surface area contributed by atoms with Gasteiger partial charge in [0.1, 0.15) is 5.76 Å². The summed E-state index contributed by atoms with van der Waals surface area (Å²) < 4.78 is 10.7. The lowest BCUT2D eigenvalue weighted by atomic mass is 9.82. The van der Waals surface area contributed by atoms with Crippen LogP contribution in [0.4, 0.5) is 0 Å². The van der Waals surface area contributed by atoms with E-state index in [1.54, 1.807) is 6.26 Å². The highest BCUT2D eigenvalue weighted by Crippen LogP contribution is 2.35. The predicted molar refractivity (Wildman–Crippen MR) is 70.5 cm³/mol. The van der Waals surface area contributed by atoms with Crippen molar-refractivity contribution in [3.8, 4) is 11.4 Å². The summed E-state index contributed by atoms with van der Waals surface area (Å²) >= 11 is 0. The van der Waals surface area contributed by atoms with Crippen LogP contribution in [0, 0.1) is 12.8 Å². The lowest BCUT2D eigenvalue weighted by Crippen LogP contribution is -2.20. The zero-order valence-electron chi connectivity index (χ0n) is 11.1. The van der Waals surface area contributed by atoms with Crippen molar-refractivity contribution in [2.24, 2.45) is 11.7 Å². The number of nitrogens with two attached hydrogens (primary N) is 1. The van der Waals surface area contributed by atoms with Crippen LogP contribution >= 0.6 is 0 Å². The van der Waals surface area contributed by atoms with Crippen LogP contribution in [0.15, 0.2) is 21.3 Å². The largest absolute Gasteiger partial charge is 0.469 e. The topological polar surface area (TPSA) is 78.1 Å². The zero-order valence-corrected chi connectivity index (χ0v) is 11.1. The van der Waals surface area contributed by atoms with Gasteiger partial charge in [0.05, 0.1) is 11.8 Å². The molecule has 1 saturated carbocycles. The van der Waals surface area contributed by atoms with Gasteiger partial charge in [-0.25, -0.2) is 0 Å². The molecule has 0 atom stereocenters. The summed E-state index contributed by atoms with van der Waals surface area (Å²) in [6.07, 6.45) is 6.14. The van der Waals surface area contributed by atoms with Gasteiger partial charge in [0, 0.05) is 5.92 Å². The molecule has 2 heterocycles. The Balaban J connectivity index is 1.74. The second-order valence-corrected chi connectivity index (χ2v) is 5.30. The molecule has 1 aliphatic rings. The highest BCUT2D eigenvalue weighted by atomic mass is 16.5. The van der Waals surface area contributed by atoms with Crippen LogP contribution in [-0.2, 0) is 0 Å². The highest BCUT2D eigenvalue weighted by molar-refractivity contribution is 5.56. The van der Waals surface area contributed by atoms with Gasteiger partial charge in [-0.15, -0.1) is 0 Å². The fourth-order valence-electron chi connectivity index (χ4n) is 2.77.